The standard InChI is InChI=1S/C20H28N6O/c1-13-14(2)23-26(15(13)3)12-19(27)25-8-5-16(11-25)20-21-9-17-10-24(4)7-6-18(17)22-20/h9,16H,5-8,10-12H2,1-4H3/t16-/m1/s1. The third kappa shape index (κ3) is 3.48. The van der Waals surface area contributed by atoms with E-state index in [-0.39, 0.29) is 11.8 Å². The molecule has 1 atom stereocenters. The molecule has 0 spiro atoms. The first-order chi connectivity index (χ1) is 12.9. The Kier molecular flexibility index (Phi) is 4.72. The first-order valence-electron chi connectivity index (χ1n) is 9.74. The third-order valence-electron chi connectivity index (χ3n) is 6.08. The highest BCUT2D eigenvalue weighted by atomic mass is 16.2. The molecule has 4 heterocycles. The van der Waals surface area contributed by atoms with Gasteiger partial charge in [0.25, 0.3) is 0 Å². The molecule has 27 heavy (non-hydrogen) atoms. The second-order valence-electron chi connectivity index (χ2n) is 7.97. The predicted octanol–water partition coefficient (Wildman–Crippen LogP) is 1.60. The van der Waals surface area contributed by atoms with E-state index in [1.807, 2.05) is 29.6 Å². The minimum atomic E-state index is 0.127. The van der Waals surface area contributed by atoms with E-state index >= 15 is 0 Å². The molecule has 144 valence electrons. The van der Waals surface area contributed by atoms with Gasteiger partial charge in [0, 0.05) is 61.7 Å². The van der Waals surface area contributed by atoms with Crippen LogP contribution in [0.15, 0.2) is 6.20 Å². The Morgan fingerprint density at radius 1 is 1.26 bits per heavy atom. The monoisotopic (exact) mass is 368 g/mol. The lowest BCUT2D eigenvalue weighted by Crippen LogP contribution is -2.32. The van der Waals surface area contributed by atoms with Gasteiger partial charge in [0.15, 0.2) is 0 Å². The zero-order valence-corrected chi connectivity index (χ0v) is 16.7. The molecule has 7 heteroatoms. The van der Waals surface area contributed by atoms with Crippen LogP contribution in [0.25, 0.3) is 0 Å². The number of likely N-dealkylation sites (N-methyl/N-ethyl adjacent to an activating group) is 1. The van der Waals surface area contributed by atoms with Crippen LogP contribution < -0.4 is 0 Å². The van der Waals surface area contributed by atoms with Gasteiger partial charge in [-0.05, 0) is 39.8 Å². The minimum absolute atomic E-state index is 0.127. The SMILES string of the molecule is Cc1nn(CC(=O)N2CC[C@@H](c3ncc4c(n3)CCN(C)C4)C2)c(C)c1C. The maximum atomic E-state index is 12.8. The molecule has 0 aromatic carbocycles. The number of hydrogen-bond acceptors (Lipinski definition) is 5. The molecule has 4 rings (SSSR count). The van der Waals surface area contributed by atoms with Crippen LogP contribution in [0, 0.1) is 20.8 Å². The summed E-state index contributed by atoms with van der Waals surface area (Å²) in [7, 11) is 2.13. The number of carbonyl (C=O) groups excluding carboxylic acids is 1. The van der Waals surface area contributed by atoms with Gasteiger partial charge in [-0.2, -0.15) is 5.10 Å². The maximum Gasteiger partial charge on any atom is 0.244 e. The molecule has 0 unspecified atom stereocenters. The van der Waals surface area contributed by atoms with Crippen molar-refractivity contribution in [2.24, 2.45) is 0 Å². The molecular weight excluding hydrogens is 340 g/mol. The number of carbonyl (C=O) groups is 1. The van der Waals surface area contributed by atoms with Gasteiger partial charge in [-0.25, -0.2) is 9.97 Å². The number of nitrogens with zero attached hydrogens (tertiary/aromatic N) is 6. The van der Waals surface area contributed by atoms with Crippen molar-refractivity contribution in [3.63, 3.8) is 0 Å². The van der Waals surface area contributed by atoms with Crippen molar-refractivity contribution in [2.75, 3.05) is 26.7 Å². The summed E-state index contributed by atoms with van der Waals surface area (Å²) >= 11 is 0. The Labute approximate surface area is 160 Å². The molecule has 2 aliphatic rings. The highest BCUT2D eigenvalue weighted by Crippen LogP contribution is 2.26. The normalized spacial score (nSPS) is 20.1. The molecule has 2 aliphatic heterocycles. The van der Waals surface area contributed by atoms with Crippen molar-refractivity contribution in [2.45, 2.75) is 52.6 Å². The average molecular weight is 368 g/mol. The third-order valence-corrected chi connectivity index (χ3v) is 6.08. The van der Waals surface area contributed by atoms with Crippen LogP contribution in [0.5, 0.6) is 0 Å². The fraction of sp³-hybridized carbons (Fsp3) is 0.600. The van der Waals surface area contributed by atoms with Gasteiger partial charge in [0.05, 0.1) is 5.69 Å². The van der Waals surface area contributed by atoms with E-state index in [9.17, 15) is 4.79 Å². The summed E-state index contributed by atoms with van der Waals surface area (Å²) in [5, 5.41) is 4.49. The fourth-order valence-electron chi connectivity index (χ4n) is 4.04. The van der Waals surface area contributed by atoms with Crippen LogP contribution in [-0.4, -0.2) is 62.1 Å². The van der Waals surface area contributed by atoms with Gasteiger partial charge >= 0.3 is 0 Å². The van der Waals surface area contributed by atoms with Gasteiger partial charge in [-0.15, -0.1) is 0 Å². The Hall–Kier alpha value is -2.28. The topological polar surface area (TPSA) is 67.2 Å². The number of rotatable bonds is 3. The molecule has 1 fully saturated rings. The number of aromatic nitrogens is 4. The molecule has 0 aliphatic carbocycles. The summed E-state index contributed by atoms with van der Waals surface area (Å²) in [4.78, 5) is 26.4. The Bertz CT molecular complexity index is 874. The van der Waals surface area contributed by atoms with E-state index in [0.29, 0.717) is 13.1 Å². The first kappa shape index (κ1) is 18.1. The Balaban J connectivity index is 1.42. The van der Waals surface area contributed by atoms with Crippen LogP contribution in [-0.2, 0) is 24.3 Å². The Morgan fingerprint density at radius 2 is 2.07 bits per heavy atom. The number of amides is 1. The van der Waals surface area contributed by atoms with E-state index < -0.39 is 0 Å². The summed E-state index contributed by atoms with van der Waals surface area (Å²) in [6.45, 7) is 9.81. The first-order valence-corrected chi connectivity index (χ1v) is 9.74. The molecular formula is C20H28N6O. The van der Waals surface area contributed by atoms with E-state index in [4.69, 9.17) is 4.98 Å². The molecule has 0 N–H and O–H groups in total. The molecule has 7 nitrogen and oxygen atoms in total. The predicted molar refractivity (Wildman–Crippen MR) is 102 cm³/mol. The molecule has 2 aromatic rings. The highest BCUT2D eigenvalue weighted by molar-refractivity contribution is 5.76. The van der Waals surface area contributed by atoms with Crippen molar-refractivity contribution < 1.29 is 4.79 Å². The van der Waals surface area contributed by atoms with Crippen LogP contribution >= 0.6 is 0 Å². The number of fused-ring (bicyclic) bond motifs is 1. The lowest BCUT2D eigenvalue weighted by atomic mass is 10.1. The zero-order valence-electron chi connectivity index (χ0n) is 16.7. The second kappa shape index (κ2) is 7.03. The Morgan fingerprint density at radius 3 is 2.81 bits per heavy atom. The molecule has 0 radical (unpaired) electrons. The maximum absolute atomic E-state index is 12.8. The van der Waals surface area contributed by atoms with Gasteiger partial charge in [-0.1, -0.05) is 0 Å². The van der Waals surface area contributed by atoms with Gasteiger partial charge in [-0.3, -0.25) is 9.48 Å². The van der Waals surface area contributed by atoms with Crippen molar-refractivity contribution in [3.8, 4) is 0 Å². The summed E-state index contributed by atoms with van der Waals surface area (Å²) in [5.41, 5.74) is 5.64. The van der Waals surface area contributed by atoms with E-state index in [0.717, 1.165) is 55.3 Å². The van der Waals surface area contributed by atoms with Gasteiger partial charge in [0.1, 0.15) is 12.4 Å². The van der Waals surface area contributed by atoms with Crippen molar-refractivity contribution >= 4 is 5.91 Å². The number of hydrogen-bond donors (Lipinski definition) is 0. The number of likely N-dealkylation sites (tertiary alicyclic amines) is 1. The second-order valence-corrected chi connectivity index (χ2v) is 7.97. The summed E-state index contributed by atoms with van der Waals surface area (Å²) < 4.78 is 1.83. The largest absolute Gasteiger partial charge is 0.340 e. The van der Waals surface area contributed by atoms with Crippen LogP contribution in [0.3, 0.4) is 0 Å². The lowest BCUT2D eigenvalue weighted by Gasteiger charge is -2.24. The average Bonchev–Trinajstić information content (AvgIpc) is 3.23. The van der Waals surface area contributed by atoms with Gasteiger partial charge < -0.3 is 9.80 Å². The van der Waals surface area contributed by atoms with E-state index in [1.54, 1.807) is 0 Å². The summed E-state index contributed by atoms with van der Waals surface area (Å²) in [6.07, 6.45) is 3.89. The molecule has 1 saturated heterocycles. The molecule has 1 amide bonds. The van der Waals surface area contributed by atoms with Gasteiger partial charge in [0.2, 0.25) is 5.91 Å². The van der Waals surface area contributed by atoms with E-state index in [2.05, 4.69) is 29.0 Å². The van der Waals surface area contributed by atoms with Crippen LogP contribution in [0.4, 0.5) is 0 Å². The van der Waals surface area contributed by atoms with Crippen molar-refractivity contribution in [3.05, 3.63) is 40.2 Å². The highest BCUT2D eigenvalue weighted by Gasteiger charge is 2.30. The molecule has 0 saturated carbocycles. The van der Waals surface area contributed by atoms with Crippen LogP contribution in [0.2, 0.25) is 0 Å². The minimum Gasteiger partial charge on any atom is -0.340 e. The fourth-order valence-corrected chi connectivity index (χ4v) is 4.04. The van der Waals surface area contributed by atoms with Crippen molar-refractivity contribution in [1.29, 1.82) is 0 Å². The number of aryl methyl sites for hydroxylation is 1. The zero-order chi connectivity index (χ0) is 19.1. The molecule has 0 bridgehead atoms. The van der Waals surface area contributed by atoms with E-state index in [1.165, 1.54) is 11.3 Å². The lowest BCUT2D eigenvalue weighted by molar-refractivity contribution is -0.131. The summed E-state index contributed by atoms with van der Waals surface area (Å²) in [5.74, 6) is 1.26. The smallest absolute Gasteiger partial charge is 0.244 e. The quantitative estimate of drug-likeness (QED) is 0.823. The molecule has 2 aromatic heterocycles. The summed E-state index contributed by atoms with van der Waals surface area (Å²) in [6, 6.07) is 0. The van der Waals surface area contributed by atoms with Crippen LogP contribution in [0.1, 0.15) is 46.4 Å². The van der Waals surface area contributed by atoms with Crippen molar-refractivity contribution in [1.82, 2.24) is 29.5 Å².